The number of nitrogens with two attached hydrogens (primary N) is 2. The first-order valence-corrected chi connectivity index (χ1v) is 8.89. The van der Waals surface area contributed by atoms with Gasteiger partial charge < -0.3 is 16.6 Å². The topological polar surface area (TPSA) is 241 Å². The van der Waals surface area contributed by atoms with Crippen LogP contribution in [-0.4, -0.2) is 60.5 Å². The van der Waals surface area contributed by atoms with Crippen LogP contribution in [0.15, 0.2) is 33.9 Å². The van der Waals surface area contributed by atoms with E-state index < -0.39 is 34.2 Å². The fraction of sp³-hybridized carbons (Fsp3) is 0.0625. The summed E-state index contributed by atoms with van der Waals surface area (Å²) in [6, 6.07) is 5.36. The lowest BCUT2D eigenvalue weighted by Crippen LogP contribution is -2.33. The fourth-order valence-corrected chi connectivity index (χ4v) is 3.16. The van der Waals surface area contributed by atoms with E-state index in [2.05, 4.69) is 40.6 Å². The minimum absolute atomic E-state index is 0.00829. The molecule has 0 unspecified atom stereocenters. The molecule has 16 heteroatoms. The number of rotatable bonds is 4. The molecule has 5 rings (SSSR count). The van der Waals surface area contributed by atoms with E-state index in [9.17, 15) is 19.5 Å². The number of phenolic OH excluding ortho intramolecular Hbond substituents is 1. The van der Waals surface area contributed by atoms with Crippen molar-refractivity contribution in [3.8, 4) is 5.75 Å². The van der Waals surface area contributed by atoms with Crippen LogP contribution in [0, 0.1) is 0 Å². The maximum absolute atomic E-state index is 13.5. The zero-order valence-electron chi connectivity index (χ0n) is 15.8. The van der Waals surface area contributed by atoms with Crippen LogP contribution in [0.2, 0.25) is 0 Å². The molecule has 0 spiro atoms. The molecule has 0 aliphatic rings. The van der Waals surface area contributed by atoms with Crippen LogP contribution in [0.1, 0.15) is 27.7 Å². The van der Waals surface area contributed by atoms with E-state index >= 15 is 0 Å². The molecule has 0 aliphatic carbocycles. The van der Waals surface area contributed by atoms with Crippen LogP contribution >= 0.6 is 0 Å². The Bertz CT molecular complexity index is 1550. The minimum atomic E-state index is -1.62. The Morgan fingerprint density at radius 2 is 1.44 bits per heavy atom. The maximum atomic E-state index is 13.5. The number of benzene rings is 1. The molecule has 0 saturated heterocycles. The molecule has 0 radical (unpaired) electrons. The van der Waals surface area contributed by atoms with Gasteiger partial charge in [0, 0.05) is 5.56 Å². The molecule has 0 amide bonds. The molecular formula is C16H12N12O4. The van der Waals surface area contributed by atoms with Crippen LogP contribution in [0.5, 0.6) is 5.75 Å². The fourth-order valence-electron chi connectivity index (χ4n) is 3.16. The largest absolute Gasteiger partial charge is 0.508 e. The van der Waals surface area contributed by atoms with Crippen molar-refractivity contribution in [2.45, 2.75) is 5.92 Å². The Morgan fingerprint density at radius 1 is 0.906 bits per heavy atom. The summed E-state index contributed by atoms with van der Waals surface area (Å²) in [5, 5.41) is 32.5. The number of aromatic amines is 2. The predicted molar refractivity (Wildman–Crippen MR) is 106 cm³/mol. The van der Waals surface area contributed by atoms with E-state index in [4.69, 9.17) is 11.5 Å². The van der Waals surface area contributed by atoms with Crippen molar-refractivity contribution in [1.29, 1.82) is 0 Å². The van der Waals surface area contributed by atoms with E-state index in [-0.39, 0.29) is 34.8 Å². The number of carbonyl (C=O) groups is 1. The molecule has 1 aromatic carbocycles. The molecule has 4 heterocycles. The number of nitrogen functional groups attached to an aromatic ring is 2. The van der Waals surface area contributed by atoms with Crippen molar-refractivity contribution in [3.63, 3.8) is 0 Å². The van der Waals surface area contributed by atoms with Crippen molar-refractivity contribution in [1.82, 2.24) is 49.6 Å². The molecule has 160 valence electrons. The second-order valence-corrected chi connectivity index (χ2v) is 6.61. The third-order valence-electron chi connectivity index (χ3n) is 4.60. The van der Waals surface area contributed by atoms with E-state index in [1.807, 2.05) is 0 Å². The van der Waals surface area contributed by atoms with E-state index in [1.165, 1.54) is 24.3 Å². The van der Waals surface area contributed by atoms with Gasteiger partial charge in [0.1, 0.15) is 23.1 Å². The van der Waals surface area contributed by atoms with Crippen molar-refractivity contribution in [2.24, 2.45) is 0 Å². The molecule has 0 atom stereocenters. The van der Waals surface area contributed by atoms with Crippen molar-refractivity contribution < 1.29 is 9.90 Å². The van der Waals surface area contributed by atoms with Gasteiger partial charge in [-0.15, -0.1) is 20.4 Å². The molecular weight excluding hydrogens is 424 g/mol. The first-order valence-electron chi connectivity index (χ1n) is 8.89. The number of phenols is 1. The summed E-state index contributed by atoms with van der Waals surface area (Å²) >= 11 is 0. The number of fused-ring (bicyclic) bond motifs is 2. The molecule has 5 aromatic rings. The quantitative estimate of drug-likeness (QED) is 0.189. The Hall–Kier alpha value is -5.15. The summed E-state index contributed by atoms with van der Waals surface area (Å²) in [4.78, 5) is 43.9. The SMILES string of the molecule is Nc1nnc2[nH]c(=O)c(C(C(=O)c3cccc(O)c3)c3nn4c(N)nnc4[nH]c3=O)nn12. The lowest BCUT2D eigenvalue weighted by atomic mass is 9.92. The van der Waals surface area contributed by atoms with E-state index in [1.54, 1.807) is 0 Å². The van der Waals surface area contributed by atoms with Gasteiger partial charge in [-0.25, -0.2) is 0 Å². The number of Topliss-reactive ketones (excluding diaryl/α,β-unsaturated/α-hetero) is 1. The molecule has 0 saturated carbocycles. The zero-order chi connectivity index (χ0) is 22.6. The molecule has 16 nitrogen and oxygen atoms in total. The third kappa shape index (κ3) is 2.82. The standard InChI is InChI=1S/C16H12N12O4/c17-13-21-23-15-19-11(31)8(25-27(13)15)7(10(30)5-2-1-3-6(29)4-5)9-12(32)20-16-24-22-14(18)28(16)26-9/h1-4,7,29H,(H2,17,21)(H2,18,22)(H,19,23,31)(H,20,24,32). The second-order valence-electron chi connectivity index (χ2n) is 6.61. The van der Waals surface area contributed by atoms with Crippen molar-refractivity contribution in [3.05, 3.63) is 61.9 Å². The highest BCUT2D eigenvalue weighted by Crippen LogP contribution is 2.24. The van der Waals surface area contributed by atoms with E-state index in [0.717, 1.165) is 9.03 Å². The average Bonchev–Trinajstić information content (AvgIpc) is 3.30. The number of nitrogens with one attached hydrogen (secondary N) is 2. The van der Waals surface area contributed by atoms with Gasteiger partial charge in [-0.1, -0.05) is 12.1 Å². The Balaban J connectivity index is 1.82. The van der Waals surface area contributed by atoms with Gasteiger partial charge in [0.15, 0.2) is 5.78 Å². The predicted octanol–water partition coefficient (Wildman–Crippen LogP) is -2.18. The first-order chi connectivity index (χ1) is 15.3. The number of ketones is 1. The summed E-state index contributed by atoms with van der Waals surface area (Å²) < 4.78 is 2.00. The Labute approximate surface area is 174 Å². The molecule has 0 aliphatic heterocycles. The number of aromatic nitrogens is 10. The van der Waals surface area contributed by atoms with Gasteiger partial charge in [-0.3, -0.25) is 24.4 Å². The lowest BCUT2D eigenvalue weighted by molar-refractivity contribution is 0.0968. The smallest absolute Gasteiger partial charge is 0.275 e. The normalized spacial score (nSPS) is 11.5. The highest BCUT2D eigenvalue weighted by Gasteiger charge is 2.34. The average molecular weight is 436 g/mol. The number of nitrogens with zero attached hydrogens (tertiary/aromatic N) is 8. The van der Waals surface area contributed by atoms with Gasteiger partial charge in [0.2, 0.25) is 11.9 Å². The minimum Gasteiger partial charge on any atom is -0.508 e. The van der Waals surface area contributed by atoms with Gasteiger partial charge >= 0.3 is 0 Å². The van der Waals surface area contributed by atoms with Crippen molar-refractivity contribution >= 4 is 29.2 Å². The molecule has 4 aromatic heterocycles. The molecule has 0 fully saturated rings. The van der Waals surface area contributed by atoms with Gasteiger partial charge in [0.25, 0.3) is 22.7 Å². The lowest BCUT2D eigenvalue weighted by Gasteiger charge is -2.14. The maximum Gasteiger partial charge on any atom is 0.275 e. The summed E-state index contributed by atoms with van der Waals surface area (Å²) in [7, 11) is 0. The highest BCUT2D eigenvalue weighted by molar-refractivity contribution is 6.02. The van der Waals surface area contributed by atoms with Gasteiger partial charge in [0.05, 0.1) is 0 Å². The van der Waals surface area contributed by atoms with Crippen LogP contribution < -0.4 is 22.6 Å². The van der Waals surface area contributed by atoms with Crippen LogP contribution in [0.4, 0.5) is 11.9 Å². The van der Waals surface area contributed by atoms with Crippen molar-refractivity contribution in [2.75, 3.05) is 11.5 Å². The summed E-state index contributed by atoms with van der Waals surface area (Å²) in [5.41, 5.74) is 8.93. The van der Waals surface area contributed by atoms with Gasteiger partial charge in [-0.2, -0.15) is 19.2 Å². The number of hydrogen-bond acceptors (Lipinski definition) is 12. The summed E-state index contributed by atoms with van der Waals surface area (Å²) in [6.45, 7) is 0. The molecule has 32 heavy (non-hydrogen) atoms. The van der Waals surface area contributed by atoms with Crippen LogP contribution in [0.25, 0.3) is 11.6 Å². The number of aromatic hydroxyl groups is 1. The van der Waals surface area contributed by atoms with Crippen LogP contribution in [0.3, 0.4) is 0 Å². The number of carbonyl (C=O) groups excluding carboxylic acids is 1. The molecule has 7 N–H and O–H groups in total. The number of anilines is 2. The number of hydrogen-bond donors (Lipinski definition) is 5. The Morgan fingerprint density at radius 3 is 1.94 bits per heavy atom. The third-order valence-corrected chi connectivity index (χ3v) is 4.60. The zero-order valence-corrected chi connectivity index (χ0v) is 15.8. The first kappa shape index (κ1) is 18.9. The van der Waals surface area contributed by atoms with E-state index in [0.29, 0.717) is 0 Å². The van der Waals surface area contributed by atoms with Crippen LogP contribution in [-0.2, 0) is 0 Å². The molecule has 0 bridgehead atoms. The summed E-state index contributed by atoms with van der Waals surface area (Å²) in [5.74, 6) is -3.05. The number of H-pyrrole nitrogens is 2. The highest BCUT2D eigenvalue weighted by atomic mass is 16.3. The monoisotopic (exact) mass is 436 g/mol. The van der Waals surface area contributed by atoms with Gasteiger partial charge in [-0.05, 0) is 12.1 Å². The summed E-state index contributed by atoms with van der Waals surface area (Å²) in [6.07, 6.45) is 0. The Kier molecular flexibility index (Phi) is 3.94. The second kappa shape index (κ2) is 6.69.